The molecule has 0 fully saturated rings. The SMILES string of the molecule is COC(=O)c1cc(OC)c(OC)cc1NC(=O)c1cnco1. The van der Waals surface area contributed by atoms with E-state index in [9.17, 15) is 9.59 Å². The minimum atomic E-state index is -0.631. The first-order chi connectivity index (χ1) is 10.6. The summed E-state index contributed by atoms with van der Waals surface area (Å²) in [5.41, 5.74) is 0.318. The minimum Gasteiger partial charge on any atom is -0.493 e. The van der Waals surface area contributed by atoms with Gasteiger partial charge in [0.1, 0.15) is 0 Å². The summed E-state index contributed by atoms with van der Waals surface area (Å²) in [6.07, 6.45) is 2.39. The molecule has 116 valence electrons. The minimum absolute atomic E-state index is 0.00519. The van der Waals surface area contributed by atoms with Crippen molar-refractivity contribution in [3.05, 3.63) is 36.0 Å². The zero-order valence-electron chi connectivity index (χ0n) is 12.2. The average Bonchev–Trinajstić information content (AvgIpc) is 3.08. The van der Waals surface area contributed by atoms with E-state index in [2.05, 4.69) is 10.3 Å². The lowest BCUT2D eigenvalue weighted by Crippen LogP contribution is -2.15. The summed E-state index contributed by atoms with van der Waals surface area (Å²) in [7, 11) is 4.12. The van der Waals surface area contributed by atoms with Crippen molar-refractivity contribution in [2.75, 3.05) is 26.6 Å². The molecule has 22 heavy (non-hydrogen) atoms. The summed E-state index contributed by atoms with van der Waals surface area (Å²) in [6.45, 7) is 0. The lowest BCUT2D eigenvalue weighted by molar-refractivity contribution is 0.0601. The van der Waals surface area contributed by atoms with Gasteiger partial charge in [-0.2, -0.15) is 0 Å². The van der Waals surface area contributed by atoms with Crippen molar-refractivity contribution in [3.63, 3.8) is 0 Å². The second kappa shape index (κ2) is 6.61. The van der Waals surface area contributed by atoms with Crippen molar-refractivity contribution < 1.29 is 28.2 Å². The number of anilines is 1. The summed E-state index contributed by atoms with van der Waals surface area (Å²) in [6, 6.07) is 2.88. The second-order valence-electron chi connectivity index (χ2n) is 4.06. The van der Waals surface area contributed by atoms with Crippen LogP contribution in [0.5, 0.6) is 11.5 Å². The number of carbonyl (C=O) groups is 2. The topological polar surface area (TPSA) is 99.9 Å². The van der Waals surface area contributed by atoms with Crippen LogP contribution in [-0.4, -0.2) is 38.2 Å². The van der Waals surface area contributed by atoms with Crippen LogP contribution in [0.4, 0.5) is 5.69 Å². The molecule has 0 bridgehead atoms. The van der Waals surface area contributed by atoms with Crippen molar-refractivity contribution in [2.24, 2.45) is 0 Å². The van der Waals surface area contributed by atoms with Gasteiger partial charge >= 0.3 is 5.97 Å². The van der Waals surface area contributed by atoms with Crippen LogP contribution in [0.2, 0.25) is 0 Å². The molecule has 0 saturated carbocycles. The Hall–Kier alpha value is -3.03. The molecule has 2 rings (SSSR count). The largest absolute Gasteiger partial charge is 0.493 e. The second-order valence-corrected chi connectivity index (χ2v) is 4.06. The maximum atomic E-state index is 12.0. The molecule has 1 heterocycles. The van der Waals surface area contributed by atoms with E-state index < -0.39 is 11.9 Å². The summed E-state index contributed by atoms with van der Waals surface area (Å²) < 4.78 is 19.9. The van der Waals surface area contributed by atoms with E-state index in [4.69, 9.17) is 18.6 Å². The van der Waals surface area contributed by atoms with Gasteiger partial charge in [0, 0.05) is 12.1 Å². The number of hydrogen-bond donors (Lipinski definition) is 1. The molecular formula is C14H14N2O6. The van der Waals surface area contributed by atoms with Crippen LogP contribution in [0.3, 0.4) is 0 Å². The van der Waals surface area contributed by atoms with E-state index in [1.165, 1.54) is 39.7 Å². The Morgan fingerprint density at radius 3 is 2.36 bits per heavy atom. The normalized spacial score (nSPS) is 9.95. The first kappa shape index (κ1) is 15.4. The van der Waals surface area contributed by atoms with E-state index in [-0.39, 0.29) is 17.0 Å². The highest BCUT2D eigenvalue weighted by atomic mass is 16.5. The highest BCUT2D eigenvalue weighted by Gasteiger charge is 2.20. The van der Waals surface area contributed by atoms with Gasteiger partial charge in [0.05, 0.1) is 38.8 Å². The van der Waals surface area contributed by atoms with Gasteiger partial charge in [0.15, 0.2) is 17.9 Å². The van der Waals surface area contributed by atoms with Crippen molar-refractivity contribution in [1.82, 2.24) is 4.98 Å². The predicted molar refractivity (Wildman–Crippen MR) is 75.3 cm³/mol. The van der Waals surface area contributed by atoms with Crippen LogP contribution in [0, 0.1) is 0 Å². The fourth-order valence-corrected chi connectivity index (χ4v) is 1.77. The summed E-state index contributed by atoms with van der Waals surface area (Å²) in [4.78, 5) is 27.5. The van der Waals surface area contributed by atoms with Crippen LogP contribution < -0.4 is 14.8 Å². The molecule has 1 N–H and O–H groups in total. The van der Waals surface area contributed by atoms with E-state index >= 15 is 0 Å². The van der Waals surface area contributed by atoms with Gasteiger partial charge in [-0.3, -0.25) is 4.79 Å². The molecule has 8 nitrogen and oxygen atoms in total. The number of amides is 1. The molecule has 0 aliphatic carbocycles. The lowest BCUT2D eigenvalue weighted by Gasteiger charge is -2.14. The summed E-state index contributed by atoms with van der Waals surface area (Å²) in [5.74, 6) is -0.502. The number of nitrogens with one attached hydrogen (secondary N) is 1. The van der Waals surface area contributed by atoms with Crippen molar-refractivity contribution in [2.45, 2.75) is 0 Å². The molecule has 0 aliphatic heterocycles. The average molecular weight is 306 g/mol. The van der Waals surface area contributed by atoms with Gasteiger partial charge in [-0.1, -0.05) is 0 Å². The first-order valence-electron chi connectivity index (χ1n) is 6.14. The molecule has 0 aliphatic rings. The van der Waals surface area contributed by atoms with Crippen LogP contribution >= 0.6 is 0 Å². The van der Waals surface area contributed by atoms with Gasteiger partial charge in [-0.15, -0.1) is 0 Å². The Kier molecular flexibility index (Phi) is 4.62. The lowest BCUT2D eigenvalue weighted by atomic mass is 10.1. The number of ether oxygens (including phenoxy) is 3. The molecule has 0 atom stereocenters. The van der Waals surface area contributed by atoms with Crippen LogP contribution in [0.1, 0.15) is 20.9 Å². The number of carbonyl (C=O) groups excluding carboxylic acids is 2. The van der Waals surface area contributed by atoms with Gasteiger partial charge in [-0.05, 0) is 0 Å². The fraction of sp³-hybridized carbons (Fsp3) is 0.214. The Labute approximate surface area is 126 Å². The Morgan fingerprint density at radius 2 is 1.82 bits per heavy atom. The number of oxazole rings is 1. The van der Waals surface area contributed by atoms with Gasteiger partial charge in [0.25, 0.3) is 5.91 Å². The quantitative estimate of drug-likeness (QED) is 0.839. The molecule has 0 radical (unpaired) electrons. The molecule has 0 unspecified atom stereocenters. The zero-order valence-corrected chi connectivity index (χ0v) is 12.2. The molecule has 2 aromatic rings. The van der Waals surface area contributed by atoms with Crippen LogP contribution in [-0.2, 0) is 4.74 Å². The van der Waals surface area contributed by atoms with Crippen LogP contribution in [0.15, 0.2) is 29.1 Å². The van der Waals surface area contributed by atoms with Crippen molar-refractivity contribution in [3.8, 4) is 11.5 Å². The zero-order chi connectivity index (χ0) is 16.1. The van der Waals surface area contributed by atoms with Crippen molar-refractivity contribution in [1.29, 1.82) is 0 Å². The van der Waals surface area contributed by atoms with E-state index in [1.807, 2.05) is 0 Å². The molecule has 8 heteroatoms. The Morgan fingerprint density at radius 1 is 1.14 bits per heavy atom. The molecule has 0 saturated heterocycles. The smallest absolute Gasteiger partial charge is 0.340 e. The molecule has 0 spiro atoms. The predicted octanol–water partition coefficient (Wildman–Crippen LogP) is 1.73. The molecule has 1 amide bonds. The number of methoxy groups -OCH3 is 3. The molecular weight excluding hydrogens is 292 g/mol. The number of rotatable bonds is 5. The fourth-order valence-electron chi connectivity index (χ4n) is 1.77. The maximum absolute atomic E-state index is 12.0. The first-order valence-corrected chi connectivity index (χ1v) is 6.14. The summed E-state index contributed by atoms with van der Waals surface area (Å²) >= 11 is 0. The number of hydrogen-bond acceptors (Lipinski definition) is 7. The van der Waals surface area contributed by atoms with Gasteiger partial charge in [0.2, 0.25) is 5.76 Å². The third kappa shape index (κ3) is 3.00. The number of esters is 1. The number of benzene rings is 1. The third-order valence-electron chi connectivity index (χ3n) is 2.83. The van der Waals surface area contributed by atoms with Gasteiger partial charge < -0.3 is 23.9 Å². The summed E-state index contributed by atoms with van der Waals surface area (Å²) in [5, 5.41) is 2.55. The Bertz CT molecular complexity index is 681. The highest BCUT2D eigenvalue weighted by Crippen LogP contribution is 2.34. The highest BCUT2D eigenvalue weighted by molar-refractivity contribution is 6.07. The molecule has 1 aromatic carbocycles. The maximum Gasteiger partial charge on any atom is 0.340 e. The van der Waals surface area contributed by atoms with E-state index in [1.54, 1.807) is 0 Å². The Balaban J connectivity index is 2.43. The third-order valence-corrected chi connectivity index (χ3v) is 2.83. The monoisotopic (exact) mass is 306 g/mol. The molecule has 1 aromatic heterocycles. The number of nitrogens with zero attached hydrogens (tertiary/aromatic N) is 1. The van der Waals surface area contributed by atoms with Crippen LogP contribution in [0.25, 0.3) is 0 Å². The van der Waals surface area contributed by atoms with E-state index in [0.717, 1.165) is 6.39 Å². The number of aromatic nitrogens is 1. The van der Waals surface area contributed by atoms with E-state index in [0.29, 0.717) is 11.5 Å². The van der Waals surface area contributed by atoms with Crippen molar-refractivity contribution >= 4 is 17.6 Å². The standard InChI is InChI=1S/C14H14N2O6/c1-19-10-4-8(14(18)21-3)9(5-11(10)20-2)16-13(17)12-6-15-7-22-12/h4-7H,1-3H3,(H,16,17). The van der Waals surface area contributed by atoms with Gasteiger partial charge in [-0.25, -0.2) is 9.78 Å².